The Morgan fingerprint density at radius 3 is 2.68 bits per heavy atom. The number of carbonyl (C=O) groups excluding carboxylic acids is 1. The molecule has 0 aliphatic carbocycles. The molecule has 5 rings (SSSR count). The Balaban J connectivity index is 1.55. The number of rotatable bonds is 5. The first-order valence-electron chi connectivity index (χ1n) is 9.72. The summed E-state index contributed by atoms with van der Waals surface area (Å²) in [4.78, 5) is 17.5. The second-order valence-electron chi connectivity index (χ2n) is 7.27. The van der Waals surface area contributed by atoms with Crippen LogP contribution in [0, 0.1) is 6.92 Å². The standard InChI is InChI=1S/C24H17ClN4O2/c1-15-5-10-21-18(12-15)19(14-29(21)13-16-6-8-17(25)9-7-16)22(30)24-28-27-23(31-24)20-4-2-3-11-26-20/h2-12,14H,13H2,1H3. The smallest absolute Gasteiger partial charge is 0.289 e. The zero-order valence-electron chi connectivity index (χ0n) is 16.6. The summed E-state index contributed by atoms with van der Waals surface area (Å²) in [5.74, 6) is -0.169. The molecule has 0 bridgehead atoms. The number of hydrogen-bond acceptors (Lipinski definition) is 5. The highest BCUT2D eigenvalue weighted by atomic mass is 35.5. The van der Waals surface area contributed by atoms with Gasteiger partial charge in [-0.05, 0) is 48.9 Å². The highest BCUT2D eigenvalue weighted by Gasteiger charge is 2.23. The van der Waals surface area contributed by atoms with Gasteiger partial charge in [0.1, 0.15) is 5.69 Å². The lowest BCUT2D eigenvalue weighted by Crippen LogP contribution is -2.02. The largest absolute Gasteiger partial charge is 0.412 e. The molecule has 0 saturated heterocycles. The fourth-order valence-electron chi connectivity index (χ4n) is 3.53. The van der Waals surface area contributed by atoms with Gasteiger partial charge in [0, 0.05) is 34.9 Å². The van der Waals surface area contributed by atoms with Crippen molar-refractivity contribution in [2.24, 2.45) is 0 Å². The third-order valence-corrected chi connectivity index (χ3v) is 5.30. The quantitative estimate of drug-likeness (QED) is 0.354. The van der Waals surface area contributed by atoms with E-state index in [4.69, 9.17) is 16.0 Å². The monoisotopic (exact) mass is 428 g/mol. The van der Waals surface area contributed by atoms with Crippen LogP contribution in [0.25, 0.3) is 22.5 Å². The summed E-state index contributed by atoms with van der Waals surface area (Å²) >= 11 is 6.01. The Morgan fingerprint density at radius 2 is 1.90 bits per heavy atom. The zero-order chi connectivity index (χ0) is 21.4. The van der Waals surface area contributed by atoms with Crippen molar-refractivity contribution in [1.29, 1.82) is 0 Å². The molecule has 0 saturated carbocycles. The van der Waals surface area contributed by atoms with Crippen LogP contribution in [-0.4, -0.2) is 25.5 Å². The molecule has 0 N–H and O–H groups in total. The second-order valence-corrected chi connectivity index (χ2v) is 7.71. The van der Waals surface area contributed by atoms with E-state index in [0.717, 1.165) is 22.0 Å². The number of fused-ring (bicyclic) bond motifs is 1. The lowest BCUT2D eigenvalue weighted by molar-refractivity contribution is 0.100. The average molecular weight is 429 g/mol. The summed E-state index contributed by atoms with van der Waals surface area (Å²) < 4.78 is 7.69. The van der Waals surface area contributed by atoms with E-state index in [1.807, 2.05) is 66.2 Å². The molecule has 0 fully saturated rings. The fraction of sp³-hybridized carbons (Fsp3) is 0.0833. The first kappa shape index (κ1) is 19.2. The minimum Gasteiger partial charge on any atom is -0.412 e. The molecular formula is C24H17ClN4O2. The number of nitrogens with zero attached hydrogens (tertiary/aromatic N) is 4. The summed E-state index contributed by atoms with van der Waals surface area (Å²) in [7, 11) is 0. The van der Waals surface area contributed by atoms with Crippen LogP contribution in [0.1, 0.15) is 27.4 Å². The Hall–Kier alpha value is -3.77. The second kappa shape index (κ2) is 7.81. The molecule has 0 atom stereocenters. The highest BCUT2D eigenvalue weighted by Crippen LogP contribution is 2.27. The minimum absolute atomic E-state index is 0.0623. The number of pyridine rings is 1. The lowest BCUT2D eigenvalue weighted by atomic mass is 10.1. The van der Waals surface area contributed by atoms with Crippen molar-refractivity contribution in [3.63, 3.8) is 0 Å². The normalized spacial score (nSPS) is 11.2. The number of hydrogen-bond donors (Lipinski definition) is 0. The summed E-state index contributed by atoms with van der Waals surface area (Å²) in [6, 6.07) is 19.1. The molecule has 0 spiro atoms. The number of aromatic nitrogens is 4. The Kier molecular flexibility index (Phi) is 4.84. The Labute approximate surface area is 183 Å². The van der Waals surface area contributed by atoms with E-state index in [-0.39, 0.29) is 17.6 Å². The van der Waals surface area contributed by atoms with Gasteiger partial charge in [0.2, 0.25) is 0 Å². The Bertz CT molecular complexity index is 1390. The maximum absolute atomic E-state index is 13.3. The molecule has 3 heterocycles. The van der Waals surface area contributed by atoms with Crippen LogP contribution in [-0.2, 0) is 6.54 Å². The van der Waals surface area contributed by atoms with Crippen molar-refractivity contribution in [3.05, 3.63) is 101 Å². The van der Waals surface area contributed by atoms with E-state index in [1.54, 1.807) is 18.3 Å². The van der Waals surface area contributed by atoms with E-state index in [9.17, 15) is 4.79 Å². The molecule has 0 radical (unpaired) electrons. The summed E-state index contributed by atoms with van der Waals surface area (Å²) in [6.07, 6.45) is 3.47. The molecule has 5 aromatic rings. The van der Waals surface area contributed by atoms with E-state index >= 15 is 0 Å². The lowest BCUT2D eigenvalue weighted by Gasteiger charge is -2.06. The third kappa shape index (κ3) is 3.73. The number of benzene rings is 2. The predicted octanol–water partition coefficient (Wildman–Crippen LogP) is 5.33. The fourth-order valence-corrected chi connectivity index (χ4v) is 3.66. The van der Waals surface area contributed by atoms with Crippen LogP contribution in [0.5, 0.6) is 0 Å². The van der Waals surface area contributed by atoms with Crippen LogP contribution < -0.4 is 0 Å². The van der Waals surface area contributed by atoms with Gasteiger partial charge in [-0.1, -0.05) is 41.4 Å². The summed E-state index contributed by atoms with van der Waals surface area (Å²) in [5.41, 5.74) is 4.13. The van der Waals surface area contributed by atoms with E-state index < -0.39 is 0 Å². The molecule has 2 aromatic carbocycles. The third-order valence-electron chi connectivity index (χ3n) is 5.05. The predicted molar refractivity (Wildman–Crippen MR) is 118 cm³/mol. The molecule has 0 aliphatic heterocycles. The summed E-state index contributed by atoms with van der Waals surface area (Å²) in [5, 5.41) is 9.50. The van der Waals surface area contributed by atoms with Gasteiger partial charge in [0.25, 0.3) is 17.6 Å². The van der Waals surface area contributed by atoms with Gasteiger partial charge in [0.15, 0.2) is 0 Å². The molecular weight excluding hydrogens is 412 g/mol. The van der Waals surface area contributed by atoms with Crippen LogP contribution in [0.4, 0.5) is 0 Å². The molecule has 7 heteroatoms. The first-order valence-corrected chi connectivity index (χ1v) is 10.1. The number of aryl methyl sites for hydroxylation is 1. The molecule has 31 heavy (non-hydrogen) atoms. The van der Waals surface area contributed by atoms with Crippen molar-refractivity contribution in [1.82, 2.24) is 19.7 Å². The average Bonchev–Trinajstić information content (AvgIpc) is 3.41. The topological polar surface area (TPSA) is 73.8 Å². The van der Waals surface area contributed by atoms with Gasteiger partial charge < -0.3 is 8.98 Å². The van der Waals surface area contributed by atoms with Gasteiger partial charge in [0.05, 0.1) is 5.56 Å². The van der Waals surface area contributed by atoms with Crippen LogP contribution >= 0.6 is 11.6 Å². The molecule has 6 nitrogen and oxygen atoms in total. The summed E-state index contributed by atoms with van der Waals surface area (Å²) in [6.45, 7) is 2.60. The van der Waals surface area contributed by atoms with Crippen molar-refractivity contribution < 1.29 is 9.21 Å². The molecule has 152 valence electrons. The van der Waals surface area contributed by atoms with E-state index in [2.05, 4.69) is 15.2 Å². The van der Waals surface area contributed by atoms with Crippen molar-refractivity contribution in [2.75, 3.05) is 0 Å². The van der Waals surface area contributed by atoms with Gasteiger partial charge in [-0.15, -0.1) is 10.2 Å². The van der Waals surface area contributed by atoms with Gasteiger partial charge in [-0.25, -0.2) is 0 Å². The maximum atomic E-state index is 13.3. The molecule has 0 amide bonds. The zero-order valence-corrected chi connectivity index (χ0v) is 17.4. The van der Waals surface area contributed by atoms with Crippen LogP contribution in [0.2, 0.25) is 5.02 Å². The molecule has 0 unspecified atom stereocenters. The number of ketones is 1. The molecule has 3 aromatic heterocycles. The van der Waals surface area contributed by atoms with Crippen LogP contribution in [0.3, 0.4) is 0 Å². The van der Waals surface area contributed by atoms with Gasteiger partial charge >= 0.3 is 0 Å². The van der Waals surface area contributed by atoms with Crippen molar-refractivity contribution in [2.45, 2.75) is 13.5 Å². The van der Waals surface area contributed by atoms with Gasteiger partial charge in [-0.2, -0.15) is 0 Å². The van der Waals surface area contributed by atoms with Crippen molar-refractivity contribution in [3.8, 4) is 11.6 Å². The highest BCUT2D eigenvalue weighted by molar-refractivity contribution is 6.30. The number of halogens is 1. The SMILES string of the molecule is Cc1ccc2c(c1)c(C(=O)c1nnc(-c3ccccn3)o1)cn2Cc1ccc(Cl)cc1. The van der Waals surface area contributed by atoms with Crippen molar-refractivity contribution >= 4 is 28.3 Å². The van der Waals surface area contributed by atoms with E-state index in [1.165, 1.54) is 0 Å². The van der Waals surface area contributed by atoms with Gasteiger partial charge in [-0.3, -0.25) is 9.78 Å². The minimum atomic E-state index is -0.319. The van der Waals surface area contributed by atoms with Crippen LogP contribution in [0.15, 0.2) is 77.5 Å². The Morgan fingerprint density at radius 1 is 1.06 bits per heavy atom. The maximum Gasteiger partial charge on any atom is 0.289 e. The number of carbonyl (C=O) groups is 1. The van der Waals surface area contributed by atoms with E-state index in [0.29, 0.717) is 22.8 Å². The first-order chi connectivity index (χ1) is 15.1. The molecule has 0 aliphatic rings.